The van der Waals surface area contributed by atoms with Gasteiger partial charge in [-0.15, -0.1) is 0 Å². The van der Waals surface area contributed by atoms with Crippen LogP contribution in [-0.2, 0) is 6.54 Å². The maximum absolute atomic E-state index is 10.5. The van der Waals surface area contributed by atoms with Gasteiger partial charge in [-0.05, 0) is 29.2 Å². The van der Waals surface area contributed by atoms with Crippen molar-refractivity contribution in [2.24, 2.45) is 5.92 Å². The minimum Gasteiger partial charge on any atom is -0.497 e. The monoisotopic (exact) mass is 313 g/mol. The molecule has 0 radical (unpaired) electrons. The largest absolute Gasteiger partial charge is 0.497 e. The van der Waals surface area contributed by atoms with Gasteiger partial charge in [-0.2, -0.15) is 0 Å². The SMILES string of the molecule is COc1ccc(CN(CC(C)C)C[C@@H](O)c2ccccc2)cc1. The lowest BCUT2D eigenvalue weighted by Crippen LogP contribution is -2.31. The maximum atomic E-state index is 10.5. The van der Waals surface area contributed by atoms with E-state index in [1.54, 1.807) is 7.11 Å². The molecule has 0 saturated carbocycles. The molecule has 0 unspecified atom stereocenters. The summed E-state index contributed by atoms with van der Waals surface area (Å²) in [5.41, 5.74) is 2.20. The van der Waals surface area contributed by atoms with Crippen LogP contribution in [0.3, 0.4) is 0 Å². The van der Waals surface area contributed by atoms with E-state index in [4.69, 9.17) is 4.74 Å². The quantitative estimate of drug-likeness (QED) is 0.802. The number of nitrogens with zero attached hydrogens (tertiary/aromatic N) is 1. The lowest BCUT2D eigenvalue weighted by Gasteiger charge is -2.27. The van der Waals surface area contributed by atoms with Crippen molar-refractivity contribution in [3.05, 3.63) is 65.7 Å². The molecule has 23 heavy (non-hydrogen) atoms. The van der Waals surface area contributed by atoms with Crippen LogP contribution in [0.2, 0.25) is 0 Å². The molecule has 0 aliphatic rings. The van der Waals surface area contributed by atoms with Crippen LogP contribution in [0, 0.1) is 5.92 Å². The standard InChI is InChI=1S/C20H27NO2/c1-16(2)13-21(14-17-9-11-19(23-3)12-10-17)15-20(22)18-7-5-4-6-8-18/h4-12,16,20,22H,13-15H2,1-3H3/t20-/m1/s1. The minimum atomic E-state index is -0.465. The third kappa shape index (κ3) is 5.70. The van der Waals surface area contributed by atoms with Crippen molar-refractivity contribution in [1.82, 2.24) is 4.90 Å². The lowest BCUT2D eigenvalue weighted by atomic mass is 10.1. The van der Waals surface area contributed by atoms with Gasteiger partial charge in [0.25, 0.3) is 0 Å². The maximum Gasteiger partial charge on any atom is 0.118 e. The molecule has 0 aliphatic heterocycles. The number of benzene rings is 2. The summed E-state index contributed by atoms with van der Waals surface area (Å²) in [5.74, 6) is 1.42. The predicted octanol–water partition coefficient (Wildman–Crippen LogP) is 3.89. The molecule has 2 aromatic carbocycles. The molecule has 2 aromatic rings. The third-order valence-electron chi connectivity index (χ3n) is 3.80. The summed E-state index contributed by atoms with van der Waals surface area (Å²) in [5, 5.41) is 10.5. The molecule has 1 atom stereocenters. The zero-order valence-corrected chi connectivity index (χ0v) is 14.3. The van der Waals surface area contributed by atoms with Crippen molar-refractivity contribution in [2.75, 3.05) is 20.2 Å². The molecule has 0 heterocycles. The van der Waals surface area contributed by atoms with Gasteiger partial charge in [-0.3, -0.25) is 4.90 Å². The van der Waals surface area contributed by atoms with Gasteiger partial charge in [-0.25, -0.2) is 0 Å². The molecule has 0 fully saturated rings. The van der Waals surface area contributed by atoms with Crippen molar-refractivity contribution < 1.29 is 9.84 Å². The van der Waals surface area contributed by atoms with E-state index in [0.717, 1.165) is 24.4 Å². The summed E-state index contributed by atoms with van der Waals surface area (Å²) < 4.78 is 5.21. The minimum absolute atomic E-state index is 0.465. The number of hydrogen-bond donors (Lipinski definition) is 1. The molecule has 2 rings (SSSR count). The summed E-state index contributed by atoms with van der Waals surface area (Å²) in [6.07, 6.45) is -0.465. The molecule has 124 valence electrons. The van der Waals surface area contributed by atoms with Gasteiger partial charge in [-0.1, -0.05) is 56.3 Å². The Kier molecular flexibility index (Phi) is 6.63. The van der Waals surface area contributed by atoms with Crippen LogP contribution >= 0.6 is 0 Å². The average Bonchev–Trinajstić information content (AvgIpc) is 2.55. The van der Waals surface area contributed by atoms with Gasteiger partial charge in [0.1, 0.15) is 5.75 Å². The van der Waals surface area contributed by atoms with Crippen molar-refractivity contribution in [1.29, 1.82) is 0 Å². The van der Waals surface area contributed by atoms with Gasteiger partial charge >= 0.3 is 0 Å². The summed E-state index contributed by atoms with van der Waals surface area (Å²) >= 11 is 0. The molecule has 0 bridgehead atoms. The molecule has 0 spiro atoms. The van der Waals surface area contributed by atoms with Gasteiger partial charge in [0.15, 0.2) is 0 Å². The summed E-state index contributed by atoms with van der Waals surface area (Å²) in [7, 11) is 1.68. The van der Waals surface area contributed by atoms with E-state index < -0.39 is 6.10 Å². The Bertz CT molecular complexity index is 566. The Morgan fingerprint density at radius 1 is 0.957 bits per heavy atom. The third-order valence-corrected chi connectivity index (χ3v) is 3.80. The Balaban J connectivity index is 2.03. The Hall–Kier alpha value is -1.84. The van der Waals surface area contributed by atoms with Gasteiger partial charge < -0.3 is 9.84 Å². The topological polar surface area (TPSA) is 32.7 Å². The van der Waals surface area contributed by atoms with Gasteiger partial charge in [0.2, 0.25) is 0 Å². The average molecular weight is 313 g/mol. The number of rotatable bonds is 8. The first-order valence-corrected chi connectivity index (χ1v) is 8.16. The lowest BCUT2D eigenvalue weighted by molar-refractivity contribution is 0.102. The normalized spacial score (nSPS) is 12.6. The second-order valence-corrected chi connectivity index (χ2v) is 6.36. The van der Waals surface area contributed by atoms with E-state index >= 15 is 0 Å². The van der Waals surface area contributed by atoms with E-state index in [1.165, 1.54) is 5.56 Å². The first-order chi connectivity index (χ1) is 11.1. The Labute approximate surface area is 139 Å². The van der Waals surface area contributed by atoms with Crippen molar-refractivity contribution >= 4 is 0 Å². The van der Waals surface area contributed by atoms with Crippen LogP contribution in [0.4, 0.5) is 0 Å². The molecular weight excluding hydrogens is 286 g/mol. The van der Waals surface area contributed by atoms with Gasteiger partial charge in [0, 0.05) is 19.6 Å². The predicted molar refractivity (Wildman–Crippen MR) is 94.5 cm³/mol. The second kappa shape index (κ2) is 8.70. The van der Waals surface area contributed by atoms with Gasteiger partial charge in [0.05, 0.1) is 13.2 Å². The molecule has 0 aliphatic carbocycles. The van der Waals surface area contributed by atoms with E-state index in [9.17, 15) is 5.11 Å². The van der Waals surface area contributed by atoms with E-state index in [-0.39, 0.29) is 0 Å². The summed E-state index contributed by atoms with van der Waals surface area (Å²) in [6, 6.07) is 18.0. The van der Waals surface area contributed by atoms with E-state index in [0.29, 0.717) is 12.5 Å². The summed E-state index contributed by atoms with van der Waals surface area (Å²) in [4.78, 5) is 2.31. The Morgan fingerprint density at radius 3 is 2.17 bits per heavy atom. The zero-order chi connectivity index (χ0) is 16.7. The molecule has 0 aromatic heterocycles. The molecule has 3 nitrogen and oxygen atoms in total. The first-order valence-electron chi connectivity index (χ1n) is 8.16. The highest BCUT2D eigenvalue weighted by atomic mass is 16.5. The molecule has 3 heteroatoms. The van der Waals surface area contributed by atoms with Crippen LogP contribution in [0.25, 0.3) is 0 Å². The highest BCUT2D eigenvalue weighted by molar-refractivity contribution is 5.27. The molecule has 0 amide bonds. The number of aliphatic hydroxyl groups excluding tert-OH is 1. The molecule has 1 N–H and O–H groups in total. The highest BCUT2D eigenvalue weighted by Gasteiger charge is 2.15. The van der Waals surface area contributed by atoms with Crippen molar-refractivity contribution in [3.63, 3.8) is 0 Å². The van der Waals surface area contributed by atoms with Crippen molar-refractivity contribution in [3.8, 4) is 5.75 Å². The van der Waals surface area contributed by atoms with Crippen LogP contribution < -0.4 is 4.74 Å². The van der Waals surface area contributed by atoms with E-state index in [2.05, 4.69) is 30.9 Å². The van der Waals surface area contributed by atoms with Crippen LogP contribution in [0.5, 0.6) is 5.75 Å². The van der Waals surface area contributed by atoms with Crippen LogP contribution in [0.1, 0.15) is 31.1 Å². The number of ether oxygens (including phenoxy) is 1. The number of methoxy groups -OCH3 is 1. The second-order valence-electron chi connectivity index (χ2n) is 6.36. The van der Waals surface area contributed by atoms with Crippen LogP contribution in [0.15, 0.2) is 54.6 Å². The number of hydrogen-bond acceptors (Lipinski definition) is 3. The molecule has 0 saturated heterocycles. The fraction of sp³-hybridized carbons (Fsp3) is 0.400. The summed E-state index contributed by atoms with van der Waals surface area (Å²) in [6.45, 7) is 6.82. The fourth-order valence-corrected chi connectivity index (χ4v) is 2.73. The molecular formula is C20H27NO2. The number of aliphatic hydroxyl groups is 1. The first kappa shape index (κ1) is 17.5. The van der Waals surface area contributed by atoms with Crippen molar-refractivity contribution in [2.45, 2.75) is 26.5 Å². The van der Waals surface area contributed by atoms with E-state index in [1.807, 2.05) is 42.5 Å². The smallest absolute Gasteiger partial charge is 0.118 e. The zero-order valence-electron chi connectivity index (χ0n) is 14.3. The highest BCUT2D eigenvalue weighted by Crippen LogP contribution is 2.18. The Morgan fingerprint density at radius 2 is 1.61 bits per heavy atom. The fourth-order valence-electron chi connectivity index (χ4n) is 2.73. The van der Waals surface area contributed by atoms with Crippen LogP contribution in [-0.4, -0.2) is 30.2 Å².